The van der Waals surface area contributed by atoms with E-state index in [9.17, 15) is 4.39 Å². The predicted molar refractivity (Wildman–Crippen MR) is 82.0 cm³/mol. The van der Waals surface area contributed by atoms with E-state index >= 15 is 0 Å². The lowest BCUT2D eigenvalue weighted by Crippen LogP contribution is -2.01. The Morgan fingerprint density at radius 2 is 2.14 bits per heavy atom. The van der Waals surface area contributed by atoms with Gasteiger partial charge in [0.15, 0.2) is 5.82 Å². The first-order chi connectivity index (χ1) is 10.1. The van der Waals surface area contributed by atoms with Crippen LogP contribution in [0.1, 0.15) is 12.5 Å². The van der Waals surface area contributed by atoms with Gasteiger partial charge in [0.25, 0.3) is 0 Å². The second-order valence-electron chi connectivity index (χ2n) is 4.90. The maximum Gasteiger partial charge on any atom is 0.154 e. The van der Waals surface area contributed by atoms with Gasteiger partial charge < -0.3 is 15.6 Å². The van der Waals surface area contributed by atoms with Gasteiger partial charge in [0.1, 0.15) is 17.2 Å². The van der Waals surface area contributed by atoms with Crippen molar-refractivity contribution >= 4 is 28.4 Å². The van der Waals surface area contributed by atoms with Crippen LogP contribution in [-0.2, 0) is 13.5 Å². The summed E-state index contributed by atoms with van der Waals surface area (Å²) in [6, 6.07) is 6.53. The molecule has 0 saturated heterocycles. The van der Waals surface area contributed by atoms with Crippen molar-refractivity contribution in [3.63, 3.8) is 0 Å². The molecule has 0 bridgehead atoms. The average Bonchev–Trinajstić information content (AvgIpc) is 2.83. The Bertz CT molecular complexity index is 809. The molecular formula is C15H16FN5. The van der Waals surface area contributed by atoms with Crippen LogP contribution in [0.15, 0.2) is 30.6 Å². The summed E-state index contributed by atoms with van der Waals surface area (Å²) < 4.78 is 15.2. The van der Waals surface area contributed by atoms with Gasteiger partial charge in [0.2, 0.25) is 0 Å². The van der Waals surface area contributed by atoms with E-state index in [2.05, 4.69) is 15.3 Å². The summed E-state index contributed by atoms with van der Waals surface area (Å²) in [7, 11) is 1.90. The summed E-state index contributed by atoms with van der Waals surface area (Å²) in [5.41, 5.74) is 9.22. The number of fused-ring (bicyclic) bond motifs is 1. The van der Waals surface area contributed by atoms with Gasteiger partial charge in [-0.3, -0.25) is 0 Å². The lowest BCUT2D eigenvalue weighted by atomic mass is 10.1. The van der Waals surface area contributed by atoms with Gasteiger partial charge in [0, 0.05) is 18.8 Å². The standard InChI is InChI=1S/C15H16FN5/c1-3-9-6-10(16)4-5-11(9)19-13-7-12-14(15(17)20-13)18-8-21(12)2/h4-8H,3H2,1-2H3,(H3,17,19,20). The molecule has 2 heterocycles. The van der Waals surface area contributed by atoms with Gasteiger partial charge >= 0.3 is 0 Å². The zero-order valence-corrected chi connectivity index (χ0v) is 11.9. The summed E-state index contributed by atoms with van der Waals surface area (Å²) in [4.78, 5) is 8.51. The molecule has 3 aromatic rings. The number of benzene rings is 1. The maximum absolute atomic E-state index is 13.3. The highest BCUT2D eigenvalue weighted by Gasteiger charge is 2.09. The molecule has 6 heteroatoms. The van der Waals surface area contributed by atoms with E-state index in [-0.39, 0.29) is 5.82 Å². The number of hydrogen-bond acceptors (Lipinski definition) is 4. The minimum Gasteiger partial charge on any atom is -0.382 e. The zero-order chi connectivity index (χ0) is 15.0. The van der Waals surface area contributed by atoms with Crippen molar-refractivity contribution in [2.75, 3.05) is 11.1 Å². The van der Waals surface area contributed by atoms with E-state index in [0.717, 1.165) is 23.2 Å². The number of nitrogens with two attached hydrogens (primary N) is 1. The second-order valence-corrected chi connectivity index (χ2v) is 4.90. The quantitative estimate of drug-likeness (QED) is 0.776. The fraction of sp³-hybridized carbons (Fsp3) is 0.200. The van der Waals surface area contributed by atoms with Gasteiger partial charge in [-0.25, -0.2) is 14.4 Å². The third-order valence-electron chi connectivity index (χ3n) is 3.45. The first-order valence-electron chi connectivity index (χ1n) is 6.71. The molecule has 21 heavy (non-hydrogen) atoms. The van der Waals surface area contributed by atoms with Crippen molar-refractivity contribution < 1.29 is 4.39 Å². The SMILES string of the molecule is CCc1cc(F)ccc1Nc1cc2c(ncn2C)c(N)n1. The molecule has 0 aliphatic rings. The van der Waals surface area contributed by atoms with E-state index in [1.165, 1.54) is 12.1 Å². The average molecular weight is 285 g/mol. The minimum atomic E-state index is -0.244. The lowest BCUT2D eigenvalue weighted by Gasteiger charge is -2.11. The molecule has 0 atom stereocenters. The molecule has 3 N–H and O–H groups in total. The number of nitrogens with zero attached hydrogens (tertiary/aromatic N) is 3. The van der Waals surface area contributed by atoms with E-state index in [1.54, 1.807) is 12.4 Å². The Morgan fingerprint density at radius 1 is 1.33 bits per heavy atom. The van der Waals surface area contributed by atoms with Crippen LogP contribution in [0.2, 0.25) is 0 Å². The number of nitrogen functional groups attached to an aromatic ring is 1. The molecule has 2 aromatic heterocycles. The first kappa shape index (κ1) is 13.4. The largest absolute Gasteiger partial charge is 0.382 e. The molecule has 3 rings (SSSR count). The molecule has 0 aliphatic heterocycles. The fourth-order valence-corrected chi connectivity index (χ4v) is 2.33. The number of anilines is 3. The normalized spacial score (nSPS) is 11.0. The Kier molecular flexibility index (Phi) is 3.21. The van der Waals surface area contributed by atoms with Gasteiger partial charge in [-0.15, -0.1) is 0 Å². The molecule has 0 saturated carbocycles. The van der Waals surface area contributed by atoms with E-state index in [0.29, 0.717) is 17.2 Å². The first-order valence-corrected chi connectivity index (χ1v) is 6.71. The Balaban J connectivity index is 2.04. The summed E-state index contributed by atoms with van der Waals surface area (Å²) in [6.07, 6.45) is 2.42. The number of nitrogens with one attached hydrogen (secondary N) is 1. The van der Waals surface area contributed by atoms with Gasteiger partial charge in [-0.1, -0.05) is 6.92 Å². The van der Waals surface area contributed by atoms with E-state index < -0.39 is 0 Å². The van der Waals surface area contributed by atoms with Gasteiger partial charge in [-0.05, 0) is 30.2 Å². The van der Waals surface area contributed by atoms with Crippen molar-refractivity contribution in [3.8, 4) is 0 Å². The third-order valence-corrected chi connectivity index (χ3v) is 3.45. The van der Waals surface area contributed by atoms with E-state index in [1.807, 2.05) is 24.6 Å². The zero-order valence-electron chi connectivity index (χ0n) is 11.9. The van der Waals surface area contributed by atoms with Crippen LogP contribution in [0.5, 0.6) is 0 Å². The summed E-state index contributed by atoms with van der Waals surface area (Å²) in [6.45, 7) is 1.98. The summed E-state index contributed by atoms with van der Waals surface area (Å²) in [5, 5.41) is 3.20. The molecule has 5 nitrogen and oxygen atoms in total. The molecule has 0 radical (unpaired) electrons. The van der Waals surface area contributed by atoms with Gasteiger partial charge in [0.05, 0.1) is 11.8 Å². The molecule has 1 aromatic carbocycles. The molecular weight excluding hydrogens is 269 g/mol. The molecule has 108 valence electrons. The van der Waals surface area contributed by atoms with Crippen LogP contribution in [0.4, 0.5) is 21.7 Å². The lowest BCUT2D eigenvalue weighted by molar-refractivity contribution is 0.626. The number of aromatic nitrogens is 3. The van der Waals surface area contributed by atoms with Crippen LogP contribution < -0.4 is 11.1 Å². The highest BCUT2D eigenvalue weighted by Crippen LogP contribution is 2.25. The monoisotopic (exact) mass is 285 g/mol. The smallest absolute Gasteiger partial charge is 0.154 e. The van der Waals surface area contributed by atoms with Crippen molar-refractivity contribution in [2.45, 2.75) is 13.3 Å². The molecule has 0 amide bonds. The topological polar surface area (TPSA) is 68.8 Å². The molecule has 0 spiro atoms. The Hall–Kier alpha value is -2.63. The number of imidazole rings is 1. The summed E-state index contributed by atoms with van der Waals surface area (Å²) >= 11 is 0. The third kappa shape index (κ3) is 2.40. The number of pyridine rings is 1. The van der Waals surface area contributed by atoms with Crippen LogP contribution in [0.3, 0.4) is 0 Å². The number of hydrogen-bond donors (Lipinski definition) is 2. The number of aryl methyl sites for hydroxylation is 2. The van der Waals surface area contributed by atoms with Crippen molar-refractivity contribution in [3.05, 3.63) is 42.0 Å². The highest BCUT2D eigenvalue weighted by atomic mass is 19.1. The van der Waals surface area contributed by atoms with Crippen LogP contribution in [0.25, 0.3) is 11.0 Å². The maximum atomic E-state index is 13.3. The van der Waals surface area contributed by atoms with Gasteiger partial charge in [-0.2, -0.15) is 0 Å². The second kappa shape index (κ2) is 5.05. The van der Waals surface area contributed by atoms with Crippen LogP contribution in [-0.4, -0.2) is 14.5 Å². The molecule has 0 unspecified atom stereocenters. The number of rotatable bonds is 3. The molecule has 0 fully saturated rings. The van der Waals surface area contributed by atoms with Crippen molar-refractivity contribution in [2.24, 2.45) is 7.05 Å². The van der Waals surface area contributed by atoms with E-state index in [4.69, 9.17) is 5.73 Å². The summed E-state index contributed by atoms with van der Waals surface area (Å²) in [5.74, 6) is 0.743. The van der Waals surface area contributed by atoms with Crippen LogP contribution in [0, 0.1) is 5.82 Å². The number of halogens is 1. The fourth-order valence-electron chi connectivity index (χ4n) is 2.33. The minimum absolute atomic E-state index is 0.244. The molecule has 0 aliphatic carbocycles. The van der Waals surface area contributed by atoms with Crippen molar-refractivity contribution in [1.82, 2.24) is 14.5 Å². The predicted octanol–water partition coefficient (Wildman–Crippen LogP) is 3.00. The highest BCUT2D eigenvalue weighted by molar-refractivity contribution is 5.87. The Morgan fingerprint density at radius 3 is 2.90 bits per heavy atom. The Labute approximate surface area is 121 Å². The van der Waals surface area contributed by atoms with Crippen LogP contribution >= 0.6 is 0 Å². The van der Waals surface area contributed by atoms with Crippen molar-refractivity contribution in [1.29, 1.82) is 0 Å².